The number of anilines is 1. The number of thioether (sulfide) groups is 1. The number of aromatic nitrogens is 3. The van der Waals surface area contributed by atoms with Gasteiger partial charge < -0.3 is 10.1 Å². The molecule has 1 amide bonds. The highest BCUT2D eigenvalue weighted by Gasteiger charge is 2.22. The molecule has 1 atom stereocenters. The van der Waals surface area contributed by atoms with E-state index in [4.69, 9.17) is 4.74 Å². The molecule has 10 heteroatoms. The summed E-state index contributed by atoms with van der Waals surface area (Å²) >= 11 is 1.30. The van der Waals surface area contributed by atoms with Crippen LogP contribution in [0.1, 0.15) is 18.4 Å². The average molecular weight is 454 g/mol. The quantitative estimate of drug-likeness (QED) is 0.311. The predicted molar refractivity (Wildman–Crippen MR) is 122 cm³/mol. The van der Waals surface area contributed by atoms with E-state index in [-0.39, 0.29) is 23.5 Å². The lowest BCUT2D eigenvalue weighted by Gasteiger charge is -2.14. The monoisotopic (exact) mass is 453 g/mol. The normalized spacial score (nSPS) is 15.6. The minimum Gasteiger partial charge on any atom is -0.376 e. The van der Waals surface area contributed by atoms with E-state index < -0.39 is 4.92 Å². The summed E-state index contributed by atoms with van der Waals surface area (Å²) in [5.41, 5.74) is 2.56. The fourth-order valence-electron chi connectivity index (χ4n) is 3.55. The Hall–Kier alpha value is -3.24. The zero-order valence-corrected chi connectivity index (χ0v) is 18.4. The van der Waals surface area contributed by atoms with Gasteiger partial charge in [0.25, 0.3) is 5.69 Å². The predicted octanol–water partition coefficient (Wildman–Crippen LogP) is 4.07. The summed E-state index contributed by atoms with van der Waals surface area (Å²) in [7, 11) is 0. The van der Waals surface area contributed by atoms with Gasteiger partial charge in [-0.3, -0.25) is 19.5 Å². The first-order valence-electron chi connectivity index (χ1n) is 10.3. The van der Waals surface area contributed by atoms with Crippen molar-refractivity contribution in [3.63, 3.8) is 0 Å². The van der Waals surface area contributed by atoms with Crippen LogP contribution in [-0.4, -0.2) is 44.1 Å². The molecule has 0 saturated carbocycles. The van der Waals surface area contributed by atoms with E-state index in [1.165, 1.54) is 23.9 Å². The van der Waals surface area contributed by atoms with Gasteiger partial charge in [-0.05, 0) is 49.6 Å². The second-order valence-electron chi connectivity index (χ2n) is 7.56. The van der Waals surface area contributed by atoms with Gasteiger partial charge in [-0.1, -0.05) is 23.9 Å². The molecule has 1 N–H and O–H groups in total. The van der Waals surface area contributed by atoms with Crippen molar-refractivity contribution in [3.8, 4) is 11.4 Å². The molecule has 0 bridgehead atoms. The summed E-state index contributed by atoms with van der Waals surface area (Å²) in [6.07, 6.45) is 1.99. The number of benzene rings is 2. The van der Waals surface area contributed by atoms with E-state index >= 15 is 0 Å². The van der Waals surface area contributed by atoms with E-state index in [1.54, 1.807) is 12.1 Å². The molecule has 2 aromatic carbocycles. The average Bonchev–Trinajstić information content (AvgIpc) is 3.43. The molecule has 1 fully saturated rings. The highest BCUT2D eigenvalue weighted by atomic mass is 32.2. The second kappa shape index (κ2) is 9.92. The van der Waals surface area contributed by atoms with Crippen LogP contribution in [0, 0.1) is 17.0 Å². The summed E-state index contributed by atoms with van der Waals surface area (Å²) < 4.78 is 7.72. The van der Waals surface area contributed by atoms with Crippen LogP contribution in [0.3, 0.4) is 0 Å². The van der Waals surface area contributed by atoms with Crippen LogP contribution in [0.5, 0.6) is 0 Å². The fourth-order valence-corrected chi connectivity index (χ4v) is 4.30. The van der Waals surface area contributed by atoms with Gasteiger partial charge in [0.15, 0.2) is 11.0 Å². The van der Waals surface area contributed by atoms with Gasteiger partial charge in [-0.2, -0.15) is 0 Å². The van der Waals surface area contributed by atoms with E-state index in [9.17, 15) is 14.9 Å². The molecule has 1 aromatic heterocycles. The lowest BCUT2D eigenvalue weighted by atomic mass is 10.2. The lowest BCUT2D eigenvalue weighted by Crippen LogP contribution is -2.18. The molecular weight excluding hydrogens is 430 g/mol. The summed E-state index contributed by atoms with van der Waals surface area (Å²) in [6.45, 7) is 3.25. The Morgan fingerprint density at radius 1 is 1.28 bits per heavy atom. The molecular formula is C22H23N5O4S. The Bertz CT molecular complexity index is 1110. The van der Waals surface area contributed by atoms with E-state index in [1.807, 2.05) is 35.8 Å². The van der Waals surface area contributed by atoms with Gasteiger partial charge >= 0.3 is 0 Å². The number of ether oxygens (including phenoxy) is 1. The molecule has 0 spiro atoms. The van der Waals surface area contributed by atoms with Crippen molar-refractivity contribution in [2.24, 2.45) is 0 Å². The molecule has 166 valence electrons. The molecule has 1 aliphatic heterocycles. The lowest BCUT2D eigenvalue weighted by molar-refractivity contribution is -0.384. The number of non-ortho nitro benzene ring substituents is 1. The van der Waals surface area contributed by atoms with Gasteiger partial charge in [0.05, 0.1) is 23.3 Å². The van der Waals surface area contributed by atoms with Crippen molar-refractivity contribution in [2.75, 3.05) is 17.7 Å². The van der Waals surface area contributed by atoms with Crippen LogP contribution < -0.4 is 5.32 Å². The van der Waals surface area contributed by atoms with Gasteiger partial charge in [-0.25, -0.2) is 0 Å². The SMILES string of the molecule is Cc1cccc(NC(=O)CSc2nnc(-c3ccc([N+](=O)[O-])cc3)n2C[C@@H]2CCCO2)c1. The molecule has 1 saturated heterocycles. The molecule has 32 heavy (non-hydrogen) atoms. The van der Waals surface area contributed by atoms with Crippen LogP contribution >= 0.6 is 11.8 Å². The maximum absolute atomic E-state index is 12.5. The van der Waals surface area contributed by atoms with Crippen molar-refractivity contribution in [3.05, 3.63) is 64.2 Å². The zero-order valence-electron chi connectivity index (χ0n) is 17.6. The number of carbonyl (C=O) groups excluding carboxylic acids is 1. The Labute approximate surface area is 189 Å². The largest absolute Gasteiger partial charge is 0.376 e. The number of rotatable bonds is 8. The Morgan fingerprint density at radius 3 is 2.78 bits per heavy atom. The summed E-state index contributed by atoms with van der Waals surface area (Å²) in [5.74, 6) is 0.638. The molecule has 1 aliphatic rings. The maximum atomic E-state index is 12.5. The molecule has 4 rings (SSSR count). The van der Waals surface area contributed by atoms with Gasteiger partial charge in [-0.15, -0.1) is 10.2 Å². The third-order valence-electron chi connectivity index (χ3n) is 5.10. The second-order valence-corrected chi connectivity index (χ2v) is 8.50. The number of nitrogens with zero attached hydrogens (tertiary/aromatic N) is 4. The molecule has 3 aromatic rings. The van der Waals surface area contributed by atoms with Gasteiger partial charge in [0.2, 0.25) is 5.91 Å². The zero-order chi connectivity index (χ0) is 22.5. The molecule has 9 nitrogen and oxygen atoms in total. The first kappa shape index (κ1) is 22.0. The number of hydrogen-bond acceptors (Lipinski definition) is 7. The number of carbonyl (C=O) groups is 1. The minimum atomic E-state index is -0.436. The van der Waals surface area contributed by atoms with Crippen molar-refractivity contribution < 1.29 is 14.5 Å². The topological polar surface area (TPSA) is 112 Å². The highest BCUT2D eigenvalue weighted by molar-refractivity contribution is 7.99. The van der Waals surface area contributed by atoms with Gasteiger partial charge in [0.1, 0.15) is 0 Å². The summed E-state index contributed by atoms with van der Waals surface area (Å²) in [6, 6.07) is 13.8. The minimum absolute atomic E-state index is 0.0151. The van der Waals surface area contributed by atoms with E-state index in [0.717, 1.165) is 36.3 Å². The van der Waals surface area contributed by atoms with Crippen molar-refractivity contribution in [1.29, 1.82) is 0 Å². The smallest absolute Gasteiger partial charge is 0.269 e. The number of hydrogen-bond donors (Lipinski definition) is 1. The highest BCUT2D eigenvalue weighted by Crippen LogP contribution is 2.28. The molecule has 2 heterocycles. The first-order chi connectivity index (χ1) is 15.5. The van der Waals surface area contributed by atoms with Crippen molar-refractivity contribution in [2.45, 2.75) is 37.6 Å². The first-order valence-corrected chi connectivity index (χ1v) is 11.3. The number of nitro groups is 1. The number of nitrogens with one attached hydrogen (secondary N) is 1. The van der Waals surface area contributed by atoms with Crippen LogP contribution in [0.4, 0.5) is 11.4 Å². The maximum Gasteiger partial charge on any atom is 0.269 e. The third kappa shape index (κ3) is 5.32. The molecule has 0 unspecified atom stereocenters. The molecule has 0 radical (unpaired) electrons. The summed E-state index contributed by atoms with van der Waals surface area (Å²) in [4.78, 5) is 23.0. The standard InChI is InChI=1S/C22H23N5O4S/c1-15-4-2-5-17(12-15)23-20(28)14-32-22-25-24-21(26(22)13-19-6-3-11-31-19)16-7-9-18(10-8-16)27(29)30/h2,4-5,7-10,12,19H,3,6,11,13-14H2,1H3,(H,23,28)/t19-/m0/s1. The number of nitro benzene ring substituents is 1. The van der Waals surface area contributed by atoms with Crippen molar-refractivity contribution in [1.82, 2.24) is 14.8 Å². The number of aryl methyl sites for hydroxylation is 1. The van der Waals surface area contributed by atoms with Crippen LogP contribution in [0.15, 0.2) is 53.7 Å². The van der Waals surface area contributed by atoms with Crippen LogP contribution in [0.2, 0.25) is 0 Å². The van der Waals surface area contributed by atoms with E-state index in [0.29, 0.717) is 17.5 Å². The van der Waals surface area contributed by atoms with E-state index in [2.05, 4.69) is 15.5 Å². The fraction of sp³-hybridized carbons (Fsp3) is 0.318. The van der Waals surface area contributed by atoms with Crippen LogP contribution in [-0.2, 0) is 16.1 Å². The summed E-state index contributed by atoms with van der Waals surface area (Å²) in [5, 5.41) is 23.1. The Balaban J connectivity index is 1.51. The van der Waals surface area contributed by atoms with Crippen LogP contribution in [0.25, 0.3) is 11.4 Å². The van der Waals surface area contributed by atoms with Crippen molar-refractivity contribution >= 4 is 29.0 Å². The third-order valence-corrected chi connectivity index (χ3v) is 6.06. The molecule has 0 aliphatic carbocycles. The number of amides is 1. The Morgan fingerprint density at radius 2 is 2.09 bits per heavy atom. The van der Waals surface area contributed by atoms with Gasteiger partial charge in [0, 0.05) is 30.0 Å². The Kier molecular flexibility index (Phi) is 6.81.